The molecule has 4 N–H and O–H groups in total. The third-order valence-corrected chi connectivity index (χ3v) is 7.53. The van der Waals surface area contributed by atoms with Crippen molar-refractivity contribution in [1.82, 2.24) is 10.6 Å². The minimum Gasteiger partial charge on any atom is -0.507 e. The Bertz CT molecular complexity index is 1280. The molecule has 4 aromatic rings. The number of hydrogen-bond acceptors (Lipinski definition) is 4. The molecule has 0 fully saturated rings. The van der Waals surface area contributed by atoms with E-state index in [1.165, 1.54) is 0 Å². The predicted octanol–water partition coefficient (Wildman–Crippen LogP) is 8.05. The summed E-state index contributed by atoms with van der Waals surface area (Å²) in [6, 6.07) is 32.6. The third kappa shape index (κ3) is 6.93. The molecule has 0 saturated heterocycles. The first-order valence-electron chi connectivity index (χ1n) is 14.2. The monoisotopic (exact) mass is 536 g/mol. The van der Waals surface area contributed by atoms with E-state index in [1.807, 2.05) is 48.5 Å². The van der Waals surface area contributed by atoms with Crippen molar-refractivity contribution in [2.45, 2.75) is 77.5 Å². The van der Waals surface area contributed by atoms with Crippen LogP contribution in [0.1, 0.15) is 87.0 Å². The maximum atomic E-state index is 11.2. The summed E-state index contributed by atoms with van der Waals surface area (Å²) in [5.74, 6) is 0.699. The van der Waals surface area contributed by atoms with Crippen molar-refractivity contribution in [2.75, 3.05) is 0 Å². The molecular weight excluding hydrogens is 492 g/mol. The molecule has 0 radical (unpaired) electrons. The van der Waals surface area contributed by atoms with Crippen LogP contribution in [-0.4, -0.2) is 10.2 Å². The van der Waals surface area contributed by atoms with Crippen molar-refractivity contribution < 1.29 is 10.2 Å². The van der Waals surface area contributed by atoms with E-state index in [1.54, 1.807) is 0 Å². The quantitative estimate of drug-likeness (QED) is 0.175. The highest BCUT2D eigenvalue weighted by molar-refractivity contribution is 5.45. The average Bonchev–Trinajstić information content (AvgIpc) is 2.91. The van der Waals surface area contributed by atoms with Crippen molar-refractivity contribution >= 4 is 0 Å². The Balaban J connectivity index is 1.69. The highest BCUT2D eigenvalue weighted by Gasteiger charge is 2.27. The summed E-state index contributed by atoms with van der Waals surface area (Å²) in [7, 11) is 0. The van der Waals surface area contributed by atoms with E-state index in [-0.39, 0.29) is 22.9 Å². The Kier molecular flexibility index (Phi) is 9.02. The number of para-hydroxylation sites is 2. The molecule has 2 atom stereocenters. The van der Waals surface area contributed by atoms with Crippen molar-refractivity contribution in [3.8, 4) is 11.5 Å². The minimum absolute atomic E-state index is 0.103. The van der Waals surface area contributed by atoms with Crippen LogP contribution in [0.25, 0.3) is 0 Å². The lowest BCUT2D eigenvalue weighted by atomic mass is 9.85. The van der Waals surface area contributed by atoms with Gasteiger partial charge in [0.05, 0.1) is 12.1 Å². The largest absolute Gasteiger partial charge is 0.507 e. The molecule has 0 saturated carbocycles. The first-order chi connectivity index (χ1) is 19.0. The van der Waals surface area contributed by atoms with Gasteiger partial charge in [-0.1, -0.05) is 139 Å². The predicted molar refractivity (Wildman–Crippen MR) is 166 cm³/mol. The summed E-state index contributed by atoms with van der Waals surface area (Å²) < 4.78 is 0. The summed E-state index contributed by atoms with van der Waals surface area (Å²) in [5, 5.41) is 29.9. The standard InChI is InChI=1S/C36H44N2O2/c1-35(2,3)29-21-13-19-27(33(29)39)23-37-31(25-15-9-7-10-16-25)32(26-17-11-8-12-18-26)38-24-28-20-14-22-30(34(28)40)36(4,5)6/h7-22,31-32,37-40H,23-24H2,1-6H3/t31-,32?/m0/s1. The van der Waals surface area contributed by atoms with E-state index >= 15 is 0 Å². The Morgan fingerprint density at radius 1 is 0.500 bits per heavy atom. The SMILES string of the molecule is CC(C)(C)c1cccc(CNC(c2ccccc2)[C@@H](NCc2cccc(C(C)(C)C)c2O)c2ccccc2)c1O. The highest BCUT2D eigenvalue weighted by Crippen LogP contribution is 2.36. The van der Waals surface area contributed by atoms with Gasteiger partial charge in [0.1, 0.15) is 11.5 Å². The van der Waals surface area contributed by atoms with Gasteiger partial charge >= 0.3 is 0 Å². The molecule has 0 heterocycles. The smallest absolute Gasteiger partial charge is 0.123 e. The van der Waals surface area contributed by atoms with Crippen molar-refractivity contribution in [1.29, 1.82) is 0 Å². The fraction of sp³-hybridized carbons (Fsp3) is 0.333. The van der Waals surface area contributed by atoms with Crippen molar-refractivity contribution in [2.24, 2.45) is 0 Å². The molecule has 4 aromatic carbocycles. The normalized spacial score (nSPS) is 13.7. The topological polar surface area (TPSA) is 64.5 Å². The molecule has 4 heteroatoms. The Hall–Kier alpha value is -3.60. The van der Waals surface area contributed by atoms with Gasteiger partial charge in [-0.3, -0.25) is 0 Å². The molecule has 1 unspecified atom stereocenters. The van der Waals surface area contributed by atoms with Gasteiger partial charge in [0.25, 0.3) is 0 Å². The van der Waals surface area contributed by atoms with Gasteiger partial charge in [0.2, 0.25) is 0 Å². The molecule has 40 heavy (non-hydrogen) atoms. The maximum absolute atomic E-state index is 11.2. The van der Waals surface area contributed by atoms with Crippen molar-refractivity contribution in [3.05, 3.63) is 130 Å². The van der Waals surface area contributed by atoms with Crippen LogP contribution in [0, 0.1) is 0 Å². The van der Waals surface area contributed by atoms with Crippen LogP contribution in [-0.2, 0) is 23.9 Å². The van der Waals surface area contributed by atoms with Gasteiger partial charge in [-0.15, -0.1) is 0 Å². The number of phenolic OH excluding ortho intramolecular Hbond substituents is 2. The summed E-state index contributed by atoms with van der Waals surface area (Å²) >= 11 is 0. The Morgan fingerprint density at radius 3 is 1.18 bits per heavy atom. The molecule has 4 nitrogen and oxygen atoms in total. The van der Waals surface area contributed by atoms with Gasteiger partial charge in [0, 0.05) is 24.2 Å². The first kappa shape index (κ1) is 29.4. The third-order valence-electron chi connectivity index (χ3n) is 7.53. The second-order valence-corrected chi connectivity index (χ2v) is 12.7. The van der Waals surface area contributed by atoms with Gasteiger partial charge in [0.15, 0.2) is 0 Å². The van der Waals surface area contributed by atoms with Crippen LogP contribution in [0.3, 0.4) is 0 Å². The second kappa shape index (κ2) is 12.3. The van der Waals surface area contributed by atoms with Crippen molar-refractivity contribution in [3.63, 3.8) is 0 Å². The number of aromatic hydroxyl groups is 2. The van der Waals surface area contributed by atoms with Crippen LogP contribution in [0.2, 0.25) is 0 Å². The second-order valence-electron chi connectivity index (χ2n) is 12.7. The summed E-state index contributed by atoms with van der Waals surface area (Å²) in [6.07, 6.45) is 0. The van der Waals surface area contributed by atoms with Gasteiger partial charge in [-0.05, 0) is 33.1 Å². The average molecular weight is 537 g/mol. The number of rotatable bonds is 9. The van der Waals surface area contributed by atoms with E-state index in [9.17, 15) is 10.2 Å². The van der Waals surface area contributed by atoms with E-state index in [0.29, 0.717) is 24.6 Å². The molecule has 0 aromatic heterocycles. The molecule has 0 aliphatic carbocycles. The van der Waals surface area contributed by atoms with Crippen LogP contribution in [0.5, 0.6) is 11.5 Å². The zero-order valence-electron chi connectivity index (χ0n) is 24.7. The summed E-state index contributed by atoms with van der Waals surface area (Å²) in [4.78, 5) is 0. The van der Waals surface area contributed by atoms with E-state index in [2.05, 4.69) is 101 Å². The van der Waals surface area contributed by atoms with E-state index < -0.39 is 0 Å². The van der Waals surface area contributed by atoms with Gasteiger partial charge in [-0.2, -0.15) is 0 Å². The fourth-order valence-corrected chi connectivity index (χ4v) is 5.30. The molecule has 0 bridgehead atoms. The lowest BCUT2D eigenvalue weighted by molar-refractivity contribution is 0.370. The summed E-state index contributed by atoms with van der Waals surface area (Å²) in [5.41, 5.74) is 5.59. The lowest BCUT2D eigenvalue weighted by Crippen LogP contribution is -2.35. The molecule has 4 rings (SSSR count). The highest BCUT2D eigenvalue weighted by atomic mass is 16.3. The Morgan fingerprint density at radius 2 is 0.850 bits per heavy atom. The van der Waals surface area contributed by atoms with E-state index in [0.717, 1.165) is 33.4 Å². The summed E-state index contributed by atoms with van der Waals surface area (Å²) in [6.45, 7) is 13.7. The molecule has 210 valence electrons. The number of nitrogens with one attached hydrogen (secondary N) is 2. The first-order valence-corrected chi connectivity index (χ1v) is 14.2. The van der Waals surface area contributed by atoms with Crippen LogP contribution in [0.15, 0.2) is 97.1 Å². The molecule has 0 amide bonds. The zero-order valence-corrected chi connectivity index (χ0v) is 24.7. The number of hydrogen-bond donors (Lipinski definition) is 4. The molecule has 0 aliphatic heterocycles. The Labute approximate surface area is 240 Å². The van der Waals surface area contributed by atoms with Gasteiger partial charge < -0.3 is 20.8 Å². The maximum Gasteiger partial charge on any atom is 0.123 e. The zero-order chi connectivity index (χ0) is 28.9. The van der Waals surface area contributed by atoms with Crippen LogP contribution < -0.4 is 10.6 Å². The number of benzene rings is 4. The van der Waals surface area contributed by atoms with E-state index in [4.69, 9.17) is 0 Å². The van der Waals surface area contributed by atoms with Crippen LogP contribution in [0.4, 0.5) is 0 Å². The van der Waals surface area contributed by atoms with Crippen LogP contribution >= 0.6 is 0 Å². The minimum atomic E-state index is -0.156. The fourth-order valence-electron chi connectivity index (χ4n) is 5.30. The molecular formula is C36H44N2O2. The van der Waals surface area contributed by atoms with Gasteiger partial charge in [-0.25, -0.2) is 0 Å². The molecule has 0 aliphatic rings. The molecule has 0 spiro atoms. The lowest BCUT2D eigenvalue weighted by Gasteiger charge is -2.31. The number of phenols is 2.